The van der Waals surface area contributed by atoms with Gasteiger partial charge in [0.15, 0.2) is 0 Å². The number of nitrogens with one attached hydrogen (secondary N) is 1. The first-order valence-electron chi connectivity index (χ1n) is 5.90. The maximum atomic E-state index is 12.0. The third-order valence-electron chi connectivity index (χ3n) is 2.54. The minimum Gasteiger partial charge on any atom is -0.435 e. The minimum absolute atomic E-state index is 0.168. The first-order valence-corrected chi connectivity index (χ1v) is 5.90. The van der Waals surface area contributed by atoms with Gasteiger partial charge in [0.1, 0.15) is 5.75 Å². The highest BCUT2D eigenvalue weighted by Crippen LogP contribution is 2.18. The van der Waals surface area contributed by atoms with Crippen LogP contribution in [0.1, 0.15) is 32.4 Å². The predicted octanol–water partition coefficient (Wildman–Crippen LogP) is 3.90. The molecule has 0 aliphatic heterocycles. The second kappa shape index (κ2) is 7.11. The lowest BCUT2D eigenvalue weighted by molar-refractivity contribution is -0.0498. The van der Waals surface area contributed by atoms with E-state index in [2.05, 4.69) is 16.1 Å². The first kappa shape index (κ1) is 14.6. The number of alkyl halides is 2. The van der Waals surface area contributed by atoms with Crippen molar-refractivity contribution in [1.82, 2.24) is 5.32 Å². The van der Waals surface area contributed by atoms with Gasteiger partial charge < -0.3 is 10.1 Å². The van der Waals surface area contributed by atoms with E-state index in [-0.39, 0.29) is 11.8 Å². The number of halogens is 2. The summed E-state index contributed by atoms with van der Waals surface area (Å²) in [6, 6.07) is 6.86. The van der Waals surface area contributed by atoms with Crippen LogP contribution in [0.3, 0.4) is 0 Å². The van der Waals surface area contributed by atoms with Crippen molar-refractivity contribution in [3.8, 4) is 5.75 Å². The van der Waals surface area contributed by atoms with Crippen LogP contribution in [0.5, 0.6) is 5.75 Å². The monoisotopic (exact) mass is 255 g/mol. The fourth-order valence-electron chi connectivity index (χ4n) is 1.50. The van der Waals surface area contributed by atoms with E-state index in [4.69, 9.17) is 0 Å². The molecule has 18 heavy (non-hydrogen) atoms. The molecular formula is C14H19F2NO. The van der Waals surface area contributed by atoms with Gasteiger partial charge in [0.05, 0.1) is 0 Å². The van der Waals surface area contributed by atoms with E-state index >= 15 is 0 Å². The number of hydrogen-bond acceptors (Lipinski definition) is 2. The Hall–Kier alpha value is -1.42. The van der Waals surface area contributed by atoms with Gasteiger partial charge in [0, 0.05) is 12.6 Å². The normalized spacial score (nSPS) is 12.3. The van der Waals surface area contributed by atoms with E-state index in [0.717, 1.165) is 12.1 Å². The molecule has 0 bridgehead atoms. The van der Waals surface area contributed by atoms with Crippen LogP contribution in [0, 0.1) is 0 Å². The summed E-state index contributed by atoms with van der Waals surface area (Å²) < 4.78 is 28.3. The Morgan fingerprint density at radius 1 is 1.28 bits per heavy atom. The highest BCUT2D eigenvalue weighted by Gasteiger charge is 2.06. The summed E-state index contributed by atoms with van der Waals surface area (Å²) in [5, 5.41) is 3.33. The Bertz CT molecular complexity index is 383. The molecule has 1 rings (SSSR count). The molecule has 100 valence electrons. The number of hydrogen-bond donors (Lipinski definition) is 1. The van der Waals surface area contributed by atoms with Crippen LogP contribution >= 0.6 is 0 Å². The van der Waals surface area contributed by atoms with Crippen LogP contribution in [0.4, 0.5) is 8.78 Å². The maximum Gasteiger partial charge on any atom is 0.387 e. The lowest BCUT2D eigenvalue weighted by Gasteiger charge is -2.13. The van der Waals surface area contributed by atoms with Crippen LogP contribution in [-0.2, 0) is 0 Å². The van der Waals surface area contributed by atoms with Gasteiger partial charge >= 0.3 is 6.61 Å². The van der Waals surface area contributed by atoms with E-state index in [9.17, 15) is 8.78 Å². The second-order valence-electron chi connectivity index (χ2n) is 4.36. The van der Waals surface area contributed by atoms with E-state index in [1.165, 1.54) is 5.57 Å². The molecule has 2 nitrogen and oxygen atoms in total. The summed E-state index contributed by atoms with van der Waals surface area (Å²) in [6.07, 6.45) is 2.10. The fourth-order valence-corrected chi connectivity index (χ4v) is 1.50. The van der Waals surface area contributed by atoms with Crippen LogP contribution in [-0.4, -0.2) is 13.2 Å². The first-order chi connectivity index (χ1) is 8.49. The van der Waals surface area contributed by atoms with Gasteiger partial charge in [0.2, 0.25) is 0 Å². The van der Waals surface area contributed by atoms with Gasteiger partial charge in [-0.3, -0.25) is 0 Å². The van der Waals surface area contributed by atoms with Crippen LogP contribution in [0.15, 0.2) is 35.9 Å². The standard InChI is InChI=1S/C14H19F2NO/c1-10(2)8-9-17-11(3)12-4-6-13(7-5-12)18-14(15)16/h4-8,11,14,17H,9H2,1-3H3. The molecule has 4 heteroatoms. The molecule has 0 saturated carbocycles. The summed E-state index contributed by atoms with van der Waals surface area (Å²) in [7, 11) is 0. The zero-order chi connectivity index (χ0) is 13.5. The average molecular weight is 255 g/mol. The molecule has 0 heterocycles. The summed E-state index contributed by atoms with van der Waals surface area (Å²) in [6.45, 7) is 4.13. The molecule has 0 amide bonds. The highest BCUT2D eigenvalue weighted by atomic mass is 19.3. The smallest absolute Gasteiger partial charge is 0.387 e. The average Bonchev–Trinajstić information content (AvgIpc) is 2.28. The van der Waals surface area contributed by atoms with Crippen molar-refractivity contribution in [2.75, 3.05) is 6.54 Å². The Labute approximate surface area is 107 Å². The number of allylic oxidation sites excluding steroid dienone is 1. The Balaban J connectivity index is 2.53. The molecular weight excluding hydrogens is 236 g/mol. The molecule has 0 fully saturated rings. The Morgan fingerprint density at radius 3 is 2.39 bits per heavy atom. The maximum absolute atomic E-state index is 12.0. The van der Waals surface area contributed by atoms with Crippen molar-refractivity contribution < 1.29 is 13.5 Å². The quantitative estimate of drug-likeness (QED) is 0.778. The van der Waals surface area contributed by atoms with Crippen LogP contribution in [0.25, 0.3) is 0 Å². The third-order valence-corrected chi connectivity index (χ3v) is 2.54. The van der Waals surface area contributed by atoms with Gasteiger partial charge in [-0.25, -0.2) is 0 Å². The lowest BCUT2D eigenvalue weighted by atomic mass is 10.1. The van der Waals surface area contributed by atoms with Gasteiger partial charge in [-0.15, -0.1) is 0 Å². The number of rotatable bonds is 6. The zero-order valence-corrected chi connectivity index (χ0v) is 10.9. The summed E-state index contributed by atoms with van der Waals surface area (Å²) in [5.74, 6) is 0.185. The zero-order valence-electron chi connectivity index (χ0n) is 10.9. The topological polar surface area (TPSA) is 21.3 Å². The molecule has 1 atom stereocenters. The molecule has 0 saturated heterocycles. The molecule has 1 aromatic rings. The van der Waals surface area contributed by atoms with Crippen molar-refractivity contribution >= 4 is 0 Å². The fraction of sp³-hybridized carbons (Fsp3) is 0.429. The number of benzene rings is 1. The summed E-state index contributed by atoms with van der Waals surface area (Å²) in [5.41, 5.74) is 2.30. The largest absolute Gasteiger partial charge is 0.435 e. The van der Waals surface area contributed by atoms with Gasteiger partial charge in [-0.2, -0.15) is 8.78 Å². The van der Waals surface area contributed by atoms with E-state index < -0.39 is 6.61 Å². The molecule has 0 aliphatic carbocycles. The van der Waals surface area contributed by atoms with Gasteiger partial charge in [0.25, 0.3) is 0 Å². The van der Waals surface area contributed by atoms with Crippen molar-refractivity contribution in [3.05, 3.63) is 41.5 Å². The van der Waals surface area contributed by atoms with E-state index in [1.807, 2.05) is 20.8 Å². The molecule has 0 aromatic heterocycles. The van der Waals surface area contributed by atoms with Crippen molar-refractivity contribution in [1.29, 1.82) is 0 Å². The Morgan fingerprint density at radius 2 is 1.89 bits per heavy atom. The van der Waals surface area contributed by atoms with Gasteiger partial charge in [-0.05, 0) is 38.5 Å². The minimum atomic E-state index is -2.77. The van der Waals surface area contributed by atoms with Crippen LogP contribution < -0.4 is 10.1 Å². The van der Waals surface area contributed by atoms with Crippen LogP contribution in [0.2, 0.25) is 0 Å². The summed E-state index contributed by atoms with van der Waals surface area (Å²) in [4.78, 5) is 0. The van der Waals surface area contributed by atoms with Crippen molar-refractivity contribution in [2.45, 2.75) is 33.4 Å². The van der Waals surface area contributed by atoms with E-state index in [1.54, 1.807) is 24.3 Å². The summed E-state index contributed by atoms with van der Waals surface area (Å²) >= 11 is 0. The predicted molar refractivity (Wildman–Crippen MR) is 68.9 cm³/mol. The highest BCUT2D eigenvalue weighted by molar-refractivity contribution is 5.29. The SMILES string of the molecule is CC(C)=CCNC(C)c1ccc(OC(F)F)cc1. The molecule has 1 N–H and O–H groups in total. The molecule has 1 unspecified atom stereocenters. The Kier molecular flexibility index (Phi) is 5.78. The molecule has 0 spiro atoms. The second-order valence-corrected chi connectivity index (χ2v) is 4.36. The van der Waals surface area contributed by atoms with Crippen molar-refractivity contribution in [3.63, 3.8) is 0 Å². The lowest BCUT2D eigenvalue weighted by Crippen LogP contribution is -2.18. The molecule has 1 aromatic carbocycles. The molecule has 0 aliphatic rings. The van der Waals surface area contributed by atoms with Gasteiger partial charge in [-0.1, -0.05) is 23.8 Å². The third kappa shape index (κ3) is 5.27. The van der Waals surface area contributed by atoms with E-state index in [0.29, 0.717) is 0 Å². The number of ether oxygens (including phenoxy) is 1. The van der Waals surface area contributed by atoms with Crippen molar-refractivity contribution in [2.24, 2.45) is 0 Å². The molecule has 0 radical (unpaired) electrons.